The summed E-state index contributed by atoms with van der Waals surface area (Å²) in [5.41, 5.74) is 19.3. The van der Waals surface area contributed by atoms with Crippen molar-refractivity contribution >= 4 is 100 Å². The van der Waals surface area contributed by atoms with Gasteiger partial charge in [-0.2, -0.15) is 0 Å². The van der Waals surface area contributed by atoms with Gasteiger partial charge in [-0.25, -0.2) is 4.79 Å². The standard InChI is InChI=1S/C90H124N18O28/c1-6-47(4)74(106-76(121)59(92)35-49-12-22-54(114)23-13-49)87(132)100-64(38-52-18-28-57(117)29-19-52)80(125)99-63(37-51-16-26-56(116)27-17-51)83(128)103-67(42-109)77(122)94-41-73(120)95-68(43-110)85(130)107-75(48(5)113)88(133)101-65(39-53-20-30-58(118)31-21-53)81(126)98-62(36-50-14-24-55(115)25-15-50)82(127)102-66(40-72(93)119)89(134)108-33-9-11-71(108)86(131)104-69(44-111)84(129)97-61(34-46(2)3)79(124)96-60(10-7-8-32-91)78(123)105-70(45-112)90(135)136/h12-31,46-48,59-71,74-75,109-118H,6-11,32-45,91-92H2,1-5H3,(H2,93,119)(H,94,122)(H,95,120)(H,96,124)(H,97,129)(H,98,126)(H,99,125)(H,100,132)(H,101,133)(H,102,127)(H,103,128)(H,104,131)(H,105,123)(H,106,121)(H,107,130)(H,135,136)/t47-,48+,59-,60-,61-,62-,63-,64-,65-,66-,67-,68-,69-,70-,71-,74-,75-/m0/s1. The quantitative estimate of drug-likeness (QED) is 0.0161. The van der Waals surface area contributed by atoms with E-state index in [1.807, 2.05) is 0 Å². The predicted molar refractivity (Wildman–Crippen MR) is 483 cm³/mol. The van der Waals surface area contributed by atoms with Gasteiger partial charge >= 0.3 is 5.97 Å². The number of nitrogens with one attached hydrogen (secondary N) is 14. The Hall–Kier alpha value is -14.2. The predicted octanol–water partition coefficient (Wildman–Crippen LogP) is -7.00. The number of aliphatic carboxylic acids is 1. The van der Waals surface area contributed by atoms with E-state index in [-0.39, 0.29) is 110 Å². The Balaban J connectivity index is 1.16. The first kappa shape index (κ1) is 111. The molecule has 17 atom stereocenters. The van der Waals surface area contributed by atoms with E-state index in [2.05, 4.69) is 74.4 Å². The first-order valence-electron chi connectivity index (χ1n) is 44.0. The Morgan fingerprint density at radius 2 is 0.735 bits per heavy atom. The summed E-state index contributed by atoms with van der Waals surface area (Å²) in [6.45, 7) is 2.25. The maximum atomic E-state index is 14.9. The number of phenols is 5. The molecule has 0 spiro atoms. The summed E-state index contributed by atoms with van der Waals surface area (Å²) in [5, 5.41) is 146. The summed E-state index contributed by atoms with van der Waals surface area (Å²) in [5.74, 6) is -21.0. The third-order valence-electron chi connectivity index (χ3n) is 22.1. The van der Waals surface area contributed by atoms with Crippen molar-refractivity contribution in [2.45, 2.75) is 215 Å². The zero-order chi connectivity index (χ0) is 101. The zero-order valence-corrected chi connectivity index (χ0v) is 75.6. The van der Waals surface area contributed by atoms with Crippen LogP contribution >= 0.6 is 0 Å². The van der Waals surface area contributed by atoms with E-state index >= 15 is 0 Å². The number of likely N-dealkylation sites (tertiary alicyclic amines) is 1. The zero-order valence-electron chi connectivity index (χ0n) is 75.6. The normalized spacial score (nSPS) is 15.8. The molecule has 1 aliphatic rings. The van der Waals surface area contributed by atoms with Gasteiger partial charge in [-0.15, -0.1) is 0 Å². The summed E-state index contributed by atoms with van der Waals surface area (Å²) in [6.07, 6.45) is -3.62. The number of amides is 16. The molecular formula is C90H124N18O28. The fraction of sp³-hybridized carbons (Fsp3) is 0.478. The molecule has 0 unspecified atom stereocenters. The number of carbonyl (C=O) groups excluding carboxylic acids is 16. The summed E-state index contributed by atoms with van der Waals surface area (Å²) in [4.78, 5) is 239. The van der Waals surface area contributed by atoms with Crippen molar-refractivity contribution in [1.82, 2.24) is 79.3 Å². The number of nitrogens with two attached hydrogens (primary N) is 3. The number of benzene rings is 5. The van der Waals surface area contributed by atoms with Crippen molar-refractivity contribution in [2.75, 3.05) is 46.1 Å². The lowest BCUT2D eigenvalue weighted by Crippen LogP contribution is -2.62. The molecule has 46 heteroatoms. The summed E-state index contributed by atoms with van der Waals surface area (Å²) in [6, 6.07) is 1.86. The highest BCUT2D eigenvalue weighted by Gasteiger charge is 2.43. The van der Waals surface area contributed by atoms with Crippen molar-refractivity contribution in [3.63, 3.8) is 0 Å². The second-order valence-electron chi connectivity index (χ2n) is 33.4. The molecule has 742 valence electrons. The number of rotatable bonds is 55. The maximum Gasteiger partial charge on any atom is 0.328 e. The molecule has 136 heavy (non-hydrogen) atoms. The smallest absolute Gasteiger partial charge is 0.328 e. The van der Waals surface area contributed by atoms with E-state index in [0.29, 0.717) is 29.5 Å². The number of aliphatic hydroxyl groups is 5. The molecule has 5 aromatic rings. The molecular weight excluding hydrogens is 1780 g/mol. The number of carbonyl (C=O) groups is 17. The van der Waals surface area contributed by atoms with Crippen LogP contribution in [0.2, 0.25) is 0 Å². The maximum absolute atomic E-state index is 14.9. The summed E-state index contributed by atoms with van der Waals surface area (Å²) in [7, 11) is 0. The summed E-state index contributed by atoms with van der Waals surface area (Å²) < 4.78 is 0. The SMILES string of the molecule is CC[C@H](C)[C@H](NC(=O)[C@@H](N)Cc1ccc(O)cc1)C(=O)N[C@@H](Cc1ccc(O)cc1)C(=O)N[C@@H](Cc1ccc(O)cc1)C(=O)N[C@@H](CO)C(=O)NCC(=O)N[C@@H](CO)C(=O)N[C@H](C(=O)N[C@@H](Cc1ccc(O)cc1)C(=O)N[C@@H](Cc1ccc(O)cc1)C(=O)N[C@@H](CC(N)=O)C(=O)N1CCC[C@H]1C(=O)N[C@@H](CO)C(=O)N[C@@H](CC(C)C)C(=O)N[C@@H](CCCCN)C(=O)N[C@@H](CO)C(=O)O)[C@@H](C)O. The lowest BCUT2D eigenvalue weighted by Gasteiger charge is -2.31. The van der Waals surface area contributed by atoms with Gasteiger partial charge in [-0.05, 0) is 159 Å². The highest BCUT2D eigenvalue weighted by atomic mass is 16.4. The molecule has 1 aliphatic heterocycles. The Kier molecular flexibility index (Phi) is 44.6. The first-order chi connectivity index (χ1) is 64.5. The van der Waals surface area contributed by atoms with Crippen molar-refractivity contribution in [3.8, 4) is 28.7 Å². The van der Waals surface area contributed by atoms with Gasteiger partial charge in [0.05, 0.1) is 51.5 Å². The van der Waals surface area contributed by atoms with Crippen LogP contribution < -0.4 is 91.6 Å². The molecule has 16 amide bonds. The van der Waals surface area contributed by atoms with E-state index in [9.17, 15) is 138 Å². The van der Waals surface area contributed by atoms with Crippen LogP contribution in [0.15, 0.2) is 121 Å². The number of carboxylic acids is 1. The molecule has 46 nitrogen and oxygen atoms in total. The second-order valence-corrected chi connectivity index (χ2v) is 33.4. The van der Waals surface area contributed by atoms with E-state index in [4.69, 9.17) is 17.2 Å². The number of unbranched alkanes of at least 4 members (excludes halogenated alkanes) is 1. The van der Waals surface area contributed by atoms with Crippen molar-refractivity contribution in [3.05, 3.63) is 149 Å². The van der Waals surface area contributed by atoms with Crippen LogP contribution in [-0.2, 0) is 114 Å². The molecule has 1 heterocycles. The number of phenolic OH excluding ortho intramolecular Hbond substituents is 5. The van der Waals surface area contributed by atoms with Gasteiger partial charge in [-0.1, -0.05) is 94.8 Å². The van der Waals surface area contributed by atoms with Crippen molar-refractivity contribution in [2.24, 2.45) is 29.0 Å². The molecule has 1 saturated heterocycles. The van der Waals surface area contributed by atoms with Crippen LogP contribution in [0.3, 0.4) is 0 Å². The molecule has 0 aromatic heterocycles. The van der Waals surface area contributed by atoms with E-state index in [1.54, 1.807) is 39.8 Å². The van der Waals surface area contributed by atoms with Crippen molar-refractivity contribution in [1.29, 1.82) is 0 Å². The number of aliphatic hydroxyl groups excluding tert-OH is 5. The van der Waals surface area contributed by atoms with Gasteiger partial charge < -0.3 is 153 Å². The fourth-order valence-corrected chi connectivity index (χ4v) is 14.3. The minimum atomic E-state index is -2.08. The number of primary amides is 1. The van der Waals surface area contributed by atoms with Crippen LogP contribution in [0, 0.1) is 11.8 Å². The monoisotopic (exact) mass is 1900 g/mol. The molecule has 0 bridgehead atoms. The van der Waals surface area contributed by atoms with Crippen LogP contribution in [-0.4, -0.2) is 304 Å². The molecule has 0 aliphatic carbocycles. The molecule has 0 radical (unpaired) electrons. The number of hydrogen-bond acceptors (Lipinski definition) is 29. The van der Waals surface area contributed by atoms with E-state index < -0.39 is 255 Å². The largest absolute Gasteiger partial charge is 0.508 e. The number of carboxylic acid groups (broad SMARTS) is 1. The Labute approximate surface area is 782 Å². The highest BCUT2D eigenvalue weighted by molar-refractivity contribution is 6.02. The molecule has 1 fully saturated rings. The van der Waals surface area contributed by atoms with Crippen LogP contribution in [0.1, 0.15) is 114 Å². The minimum Gasteiger partial charge on any atom is -0.508 e. The number of aromatic hydroxyl groups is 5. The Morgan fingerprint density at radius 1 is 0.397 bits per heavy atom. The molecule has 31 N–H and O–H groups in total. The number of nitrogens with zero attached hydrogens (tertiary/aromatic N) is 1. The van der Waals surface area contributed by atoms with Gasteiger partial charge in [0.25, 0.3) is 0 Å². The third-order valence-corrected chi connectivity index (χ3v) is 22.1. The fourth-order valence-electron chi connectivity index (χ4n) is 14.3. The van der Waals surface area contributed by atoms with Crippen LogP contribution in [0.4, 0.5) is 0 Å². The molecule has 5 aromatic carbocycles. The van der Waals surface area contributed by atoms with Gasteiger partial charge in [-0.3, -0.25) is 76.7 Å². The van der Waals surface area contributed by atoms with E-state index in [0.717, 1.165) is 11.8 Å². The van der Waals surface area contributed by atoms with Gasteiger partial charge in [0.1, 0.15) is 113 Å². The van der Waals surface area contributed by atoms with Crippen LogP contribution in [0.5, 0.6) is 28.7 Å². The van der Waals surface area contributed by atoms with Gasteiger partial charge in [0.15, 0.2) is 0 Å². The topological polar surface area (TPSA) is 762 Å². The van der Waals surface area contributed by atoms with Gasteiger partial charge in [0.2, 0.25) is 94.5 Å². The highest BCUT2D eigenvalue weighted by Crippen LogP contribution is 2.24. The molecule has 0 saturated carbocycles. The Morgan fingerprint density at radius 3 is 1.13 bits per heavy atom. The molecule has 6 rings (SSSR count). The van der Waals surface area contributed by atoms with Crippen LogP contribution in [0.25, 0.3) is 0 Å². The minimum absolute atomic E-state index is 0.0102. The van der Waals surface area contributed by atoms with Crippen molar-refractivity contribution < 1.29 is 138 Å². The first-order valence-corrected chi connectivity index (χ1v) is 44.0. The summed E-state index contributed by atoms with van der Waals surface area (Å²) >= 11 is 0. The Bertz CT molecular complexity index is 4900. The van der Waals surface area contributed by atoms with E-state index in [1.165, 1.54) is 109 Å². The second kappa shape index (κ2) is 54.9. The number of hydrogen-bond donors (Lipinski definition) is 28. The van der Waals surface area contributed by atoms with Gasteiger partial charge in [0, 0.05) is 32.2 Å². The third kappa shape index (κ3) is 35.6. The average Bonchev–Trinajstić information content (AvgIpc) is 1.59. The lowest BCUT2D eigenvalue weighted by atomic mass is 9.96. The lowest BCUT2D eigenvalue weighted by molar-refractivity contribution is -0.144. The average molecular weight is 1910 g/mol.